The number of hydrogen-bond acceptors (Lipinski definition) is 7. The van der Waals surface area contributed by atoms with E-state index in [-0.39, 0.29) is 18.9 Å². The van der Waals surface area contributed by atoms with Gasteiger partial charge in [0.25, 0.3) is 0 Å². The van der Waals surface area contributed by atoms with Gasteiger partial charge in [-0.25, -0.2) is 13.2 Å². The van der Waals surface area contributed by atoms with E-state index in [1.807, 2.05) is 0 Å². The molecule has 1 N–H and O–H groups in total. The van der Waals surface area contributed by atoms with E-state index < -0.39 is 26.8 Å². The number of rotatable bonds is 4. The minimum absolute atomic E-state index is 0.136. The summed E-state index contributed by atoms with van der Waals surface area (Å²) in [7, 11) is -3.50. The van der Waals surface area contributed by atoms with Crippen molar-refractivity contribution in [1.29, 1.82) is 0 Å². The highest BCUT2D eigenvalue weighted by Crippen LogP contribution is 2.08. The lowest BCUT2D eigenvalue weighted by Crippen LogP contribution is -2.33. The van der Waals surface area contributed by atoms with Gasteiger partial charge in [0.1, 0.15) is 5.60 Å². The van der Waals surface area contributed by atoms with Crippen molar-refractivity contribution in [2.75, 3.05) is 12.8 Å². The number of carbonyl (C=O) groups excluding carboxylic acids is 1. The molecule has 0 bridgehead atoms. The third kappa shape index (κ3) is 5.69. The monoisotopic (exact) mass is 291 g/mol. The Morgan fingerprint density at radius 3 is 2.47 bits per heavy atom. The summed E-state index contributed by atoms with van der Waals surface area (Å²) < 4.78 is 32.1. The van der Waals surface area contributed by atoms with Crippen LogP contribution >= 0.6 is 0 Å². The molecule has 0 saturated carbocycles. The Bertz CT molecular complexity index is 544. The Morgan fingerprint density at radius 2 is 2.00 bits per heavy atom. The lowest BCUT2D eigenvalue weighted by molar-refractivity contribution is 0.0527. The first-order valence-electron chi connectivity index (χ1n) is 5.57. The van der Waals surface area contributed by atoms with Crippen molar-refractivity contribution < 1.29 is 22.4 Å². The van der Waals surface area contributed by atoms with E-state index >= 15 is 0 Å². The molecule has 1 aromatic rings. The lowest BCUT2D eigenvalue weighted by atomic mass is 10.2. The third-order valence-corrected chi connectivity index (χ3v) is 2.57. The Labute approximate surface area is 111 Å². The van der Waals surface area contributed by atoms with Crippen LogP contribution in [0.1, 0.15) is 26.7 Å². The van der Waals surface area contributed by atoms with Crippen molar-refractivity contribution in [3.8, 4) is 0 Å². The topological polar surface area (TPSA) is 111 Å². The molecule has 0 unspecified atom stereocenters. The van der Waals surface area contributed by atoms with Crippen LogP contribution in [0, 0.1) is 0 Å². The maximum Gasteiger partial charge on any atom is 0.407 e. The number of hydrogen-bond donors (Lipinski definition) is 1. The fourth-order valence-electron chi connectivity index (χ4n) is 1.07. The number of alkyl carbamates (subject to hydrolysis) is 1. The molecule has 0 radical (unpaired) electrons. The van der Waals surface area contributed by atoms with Gasteiger partial charge in [-0.3, -0.25) is 0 Å². The van der Waals surface area contributed by atoms with E-state index in [2.05, 4.69) is 15.5 Å². The van der Waals surface area contributed by atoms with Crippen LogP contribution in [-0.4, -0.2) is 43.1 Å². The zero-order chi connectivity index (χ0) is 14.7. The summed E-state index contributed by atoms with van der Waals surface area (Å²) >= 11 is 0. The molecule has 1 aromatic heterocycles. The van der Waals surface area contributed by atoms with Crippen molar-refractivity contribution in [1.82, 2.24) is 15.5 Å². The van der Waals surface area contributed by atoms with Gasteiger partial charge in [-0.1, -0.05) is 5.10 Å². The molecule has 0 fully saturated rings. The Balaban J connectivity index is 2.42. The second-order valence-corrected chi connectivity index (χ2v) is 6.81. The van der Waals surface area contributed by atoms with Crippen molar-refractivity contribution in [2.24, 2.45) is 0 Å². The summed E-state index contributed by atoms with van der Waals surface area (Å²) in [6, 6.07) is 0. The molecule has 1 heterocycles. The van der Waals surface area contributed by atoms with E-state index in [0.29, 0.717) is 0 Å². The first kappa shape index (κ1) is 15.4. The summed E-state index contributed by atoms with van der Waals surface area (Å²) in [4.78, 5) is 11.3. The molecule has 0 saturated heterocycles. The summed E-state index contributed by atoms with van der Waals surface area (Å²) in [6.45, 7) is 5.47. The lowest BCUT2D eigenvalue weighted by Gasteiger charge is -2.19. The molecule has 1 amide bonds. The average Bonchev–Trinajstić information content (AvgIpc) is 2.62. The number of amides is 1. The van der Waals surface area contributed by atoms with Crippen LogP contribution < -0.4 is 5.32 Å². The van der Waals surface area contributed by atoms with Gasteiger partial charge in [-0.15, -0.1) is 5.10 Å². The molecule has 8 nitrogen and oxygen atoms in total. The molecule has 0 spiro atoms. The van der Waals surface area contributed by atoms with Gasteiger partial charge in [-0.05, 0) is 20.8 Å². The molecular formula is C10H17N3O5S. The highest BCUT2D eigenvalue weighted by molar-refractivity contribution is 7.90. The first-order valence-corrected chi connectivity index (χ1v) is 7.46. The summed E-state index contributed by atoms with van der Waals surface area (Å²) in [5.74, 6) is 0.136. The van der Waals surface area contributed by atoms with Gasteiger partial charge in [-0.2, -0.15) is 0 Å². The number of nitrogens with zero attached hydrogens (tertiary/aromatic N) is 2. The zero-order valence-electron chi connectivity index (χ0n) is 11.3. The molecule has 9 heteroatoms. The van der Waals surface area contributed by atoms with Crippen molar-refractivity contribution in [2.45, 2.75) is 38.0 Å². The molecule has 0 aromatic carbocycles. The first-order chi connectivity index (χ1) is 8.58. The van der Waals surface area contributed by atoms with Crippen LogP contribution in [0.2, 0.25) is 0 Å². The zero-order valence-corrected chi connectivity index (χ0v) is 12.1. The van der Waals surface area contributed by atoms with Crippen LogP contribution in [0.4, 0.5) is 4.79 Å². The second-order valence-electron chi connectivity index (χ2n) is 4.91. The van der Waals surface area contributed by atoms with E-state index in [1.54, 1.807) is 20.8 Å². The number of carbonyl (C=O) groups is 1. The van der Waals surface area contributed by atoms with Gasteiger partial charge >= 0.3 is 11.3 Å². The smallest absolute Gasteiger partial charge is 0.407 e. The van der Waals surface area contributed by atoms with Crippen molar-refractivity contribution >= 4 is 15.9 Å². The molecule has 0 atom stereocenters. The van der Waals surface area contributed by atoms with Gasteiger partial charge in [0.2, 0.25) is 15.7 Å². The Morgan fingerprint density at radius 1 is 1.37 bits per heavy atom. The van der Waals surface area contributed by atoms with E-state index in [0.717, 1.165) is 6.26 Å². The van der Waals surface area contributed by atoms with Crippen LogP contribution in [0.3, 0.4) is 0 Å². The minimum atomic E-state index is -3.50. The molecule has 108 valence electrons. The number of ether oxygens (including phenoxy) is 1. The fraction of sp³-hybridized carbons (Fsp3) is 0.700. The van der Waals surface area contributed by atoms with E-state index in [4.69, 9.17) is 9.15 Å². The highest BCUT2D eigenvalue weighted by atomic mass is 32.2. The molecule has 0 aliphatic carbocycles. The highest BCUT2D eigenvalue weighted by Gasteiger charge is 2.18. The van der Waals surface area contributed by atoms with E-state index in [1.165, 1.54) is 0 Å². The summed E-state index contributed by atoms with van der Waals surface area (Å²) in [5.41, 5.74) is -0.571. The Kier molecular flexibility index (Phi) is 4.51. The van der Waals surface area contributed by atoms with Crippen molar-refractivity contribution in [3.05, 3.63) is 5.89 Å². The second kappa shape index (κ2) is 5.55. The van der Waals surface area contributed by atoms with Gasteiger partial charge in [0, 0.05) is 19.2 Å². The Hall–Kier alpha value is -1.64. The average molecular weight is 291 g/mol. The van der Waals surface area contributed by atoms with Gasteiger partial charge in [0.05, 0.1) is 0 Å². The number of sulfone groups is 1. The predicted molar refractivity (Wildman–Crippen MR) is 65.3 cm³/mol. The normalized spacial score (nSPS) is 12.2. The summed E-state index contributed by atoms with van der Waals surface area (Å²) in [5, 5.41) is 9.03. The van der Waals surface area contributed by atoms with Crippen molar-refractivity contribution in [3.63, 3.8) is 0 Å². The minimum Gasteiger partial charge on any atom is -0.444 e. The third-order valence-electron chi connectivity index (χ3n) is 1.77. The number of nitrogens with one attached hydrogen (secondary N) is 1. The van der Waals surface area contributed by atoms with Gasteiger partial charge < -0.3 is 14.5 Å². The maximum atomic E-state index is 11.3. The maximum absolute atomic E-state index is 11.3. The standard InChI is InChI=1S/C10H17N3O5S/c1-10(2,3)18-8(14)11-6-5-7-12-13-9(17-7)19(4,15)16/h5-6H2,1-4H3,(H,11,14). The van der Waals surface area contributed by atoms with Crippen LogP contribution in [0.25, 0.3) is 0 Å². The number of aromatic nitrogens is 2. The van der Waals surface area contributed by atoms with E-state index in [9.17, 15) is 13.2 Å². The quantitative estimate of drug-likeness (QED) is 0.861. The summed E-state index contributed by atoms with van der Waals surface area (Å²) in [6.07, 6.45) is 0.640. The SMILES string of the molecule is CC(C)(C)OC(=O)NCCc1nnc(S(C)(=O)=O)o1. The van der Waals surface area contributed by atoms with Crippen LogP contribution in [0.15, 0.2) is 9.64 Å². The fourth-order valence-corrected chi connectivity index (χ4v) is 1.51. The molecular weight excluding hydrogens is 274 g/mol. The van der Waals surface area contributed by atoms with Crippen LogP contribution in [0.5, 0.6) is 0 Å². The molecule has 1 rings (SSSR count). The van der Waals surface area contributed by atoms with Gasteiger partial charge in [0.15, 0.2) is 0 Å². The molecule has 19 heavy (non-hydrogen) atoms. The van der Waals surface area contributed by atoms with Crippen LogP contribution in [-0.2, 0) is 21.0 Å². The molecule has 0 aliphatic heterocycles. The molecule has 0 aliphatic rings. The predicted octanol–water partition coefficient (Wildman–Crippen LogP) is 0.540. The largest absolute Gasteiger partial charge is 0.444 e.